The zero-order chi connectivity index (χ0) is 26.2. The number of aliphatic hydroxyl groups excluding tert-OH is 10. The molecule has 0 aliphatic carbocycles. The molecule has 0 unspecified atom stereocenters. The Labute approximate surface area is 196 Å². The molecule has 3 rings (SSSR count). The maximum atomic E-state index is 11.5. The minimum atomic E-state index is -2.18. The lowest BCUT2D eigenvalue weighted by Crippen LogP contribution is -2.67. The maximum absolute atomic E-state index is 11.5. The predicted molar refractivity (Wildman–Crippen MR) is 102 cm³/mol. The Bertz CT molecular complexity index is 707. The molecule has 0 bridgehead atoms. The van der Waals surface area contributed by atoms with E-state index in [1.165, 1.54) is 0 Å². The molecule has 3 aliphatic rings. The van der Waals surface area contributed by atoms with E-state index in [0.29, 0.717) is 0 Å². The van der Waals surface area contributed by atoms with Crippen LogP contribution in [-0.4, -0.2) is 167 Å². The number of carboxylic acid groups (broad SMARTS) is 1. The van der Waals surface area contributed by atoms with Gasteiger partial charge in [0.25, 0.3) is 0 Å². The van der Waals surface area contributed by atoms with Crippen LogP contribution in [0.1, 0.15) is 0 Å². The number of hydrogen-bond donors (Lipinski definition) is 11. The first-order valence-electron chi connectivity index (χ1n) is 10.6. The molecule has 3 aliphatic heterocycles. The van der Waals surface area contributed by atoms with Crippen LogP contribution in [0.4, 0.5) is 0 Å². The van der Waals surface area contributed by atoms with Crippen molar-refractivity contribution in [3.05, 3.63) is 0 Å². The zero-order valence-corrected chi connectivity index (χ0v) is 17.9. The monoisotopic (exact) mass is 518 g/mol. The van der Waals surface area contributed by atoms with Gasteiger partial charge in [0.1, 0.15) is 67.1 Å². The highest BCUT2D eigenvalue weighted by molar-refractivity contribution is 5.73. The van der Waals surface area contributed by atoms with E-state index in [4.69, 9.17) is 23.7 Å². The van der Waals surface area contributed by atoms with E-state index < -0.39 is 111 Å². The van der Waals surface area contributed by atoms with Crippen LogP contribution < -0.4 is 0 Å². The van der Waals surface area contributed by atoms with Crippen LogP contribution >= 0.6 is 0 Å². The second-order valence-corrected chi connectivity index (χ2v) is 8.37. The number of rotatable bonds is 7. The van der Waals surface area contributed by atoms with Crippen LogP contribution in [0.15, 0.2) is 0 Å². The smallest absolute Gasteiger partial charge is 0.335 e. The van der Waals surface area contributed by atoms with Gasteiger partial charge in [-0.2, -0.15) is 0 Å². The van der Waals surface area contributed by atoms with E-state index in [-0.39, 0.29) is 0 Å². The Morgan fingerprint density at radius 3 is 1.43 bits per heavy atom. The molecule has 0 aromatic rings. The SMILES string of the molecule is O=C(O)[C@H]1O[C@@H](O)[C@H](O[C@@H]2O[C@H](CO)[C@@H](O)[C@H](O)[C@H]2O)[C@@H](O[C@@H]2O[C@H](CO)[C@@H](O)[C@H](O)[C@H]2O)[C@@H]1O. The second-order valence-electron chi connectivity index (χ2n) is 8.37. The highest BCUT2D eigenvalue weighted by Crippen LogP contribution is 2.32. The van der Waals surface area contributed by atoms with Crippen molar-refractivity contribution < 1.29 is 84.7 Å². The topological polar surface area (TPSA) is 286 Å². The van der Waals surface area contributed by atoms with Gasteiger partial charge in [-0.1, -0.05) is 0 Å². The van der Waals surface area contributed by atoms with Crippen LogP contribution in [0.2, 0.25) is 0 Å². The summed E-state index contributed by atoms with van der Waals surface area (Å²) in [5, 5.41) is 109. The Kier molecular flexibility index (Phi) is 9.35. The van der Waals surface area contributed by atoms with Crippen molar-refractivity contribution in [1.82, 2.24) is 0 Å². The fourth-order valence-corrected chi connectivity index (χ4v) is 4.01. The maximum Gasteiger partial charge on any atom is 0.335 e. The third-order valence-corrected chi connectivity index (χ3v) is 6.06. The van der Waals surface area contributed by atoms with E-state index in [1.54, 1.807) is 0 Å². The van der Waals surface area contributed by atoms with Crippen molar-refractivity contribution in [2.24, 2.45) is 0 Å². The quantitative estimate of drug-likeness (QED) is 0.149. The van der Waals surface area contributed by atoms with Crippen LogP contribution in [-0.2, 0) is 28.5 Å². The molecule has 35 heavy (non-hydrogen) atoms. The van der Waals surface area contributed by atoms with Gasteiger partial charge in [0.2, 0.25) is 0 Å². The lowest BCUT2D eigenvalue weighted by Gasteiger charge is -2.47. The fraction of sp³-hybridized carbons (Fsp3) is 0.944. The van der Waals surface area contributed by atoms with Crippen molar-refractivity contribution in [2.75, 3.05) is 13.2 Å². The number of hydrogen-bond acceptors (Lipinski definition) is 16. The molecule has 3 heterocycles. The average Bonchev–Trinajstić information content (AvgIpc) is 2.82. The molecular formula is C18H30O17. The fourth-order valence-electron chi connectivity index (χ4n) is 4.01. The van der Waals surface area contributed by atoms with Gasteiger partial charge in [-0.15, -0.1) is 0 Å². The summed E-state index contributed by atoms with van der Waals surface area (Å²) in [5.74, 6) is -1.73. The Balaban J connectivity index is 1.86. The molecule has 3 saturated heterocycles. The van der Waals surface area contributed by atoms with Crippen molar-refractivity contribution in [2.45, 2.75) is 92.1 Å². The summed E-state index contributed by atoms with van der Waals surface area (Å²) in [5.41, 5.74) is 0. The molecule has 0 spiro atoms. The van der Waals surface area contributed by atoms with Gasteiger partial charge in [0.15, 0.2) is 25.0 Å². The normalized spacial score (nSPS) is 51.2. The van der Waals surface area contributed by atoms with Gasteiger partial charge in [0.05, 0.1) is 13.2 Å². The summed E-state index contributed by atoms with van der Waals surface area (Å²) in [7, 11) is 0. The second kappa shape index (κ2) is 11.5. The zero-order valence-electron chi connectivity index (χ0n) is 17.9. The highest BCUT2D eigenvalue weighted by Gasteiger charge is 2.55. The van der Waals surface area contributed by atoms with Crippen molar-refractivity contribution >= 4 is 5.97 Å². The molecular weight excluding hydrogens is 488 g/mol. The predicted octanol–water partition coefficient (Wildman–Crippen LogP) is -7.48. The van der Waals surface area contributed by atoms with E-state index in [9.17, 15) is 61.0 Å². The lowest BCUT2D eigenvalue weighted by molar-refractivity contribution is -0.384. The third kappa shape index (κ3) is 5.59. The molecule has 204 valence electrons. The van der Waals surface area contributed by atoms with Gasteiger partial charge in [-0.05, 0) is 0 Å². The molecule has 0 radical (unpaired) electrons. The number of carboxylic acids is 1. The standard InChI is InChI=1S/C18H30O17/c19-1-3-5(21)7(23)9(25)17(31-3)34-12-11(27)13(15(28)29)33-16(30)14(12)35-18-10(26)8(24)6(22)4(2-20)32-18/h3-14,16-27,30H,1-2H2,(H,28,29)/t3-,4-,5-,6-,7+,8+,9-,10-,11+,12+,13+,14-,16-,17+,18+/m1/s1. The van der Waals surface area contributed by atoms with Crippen LogP contribution in [0.5, 0.6) is 0 Å². The molecule has 15 atom stereocenters. The molecule has 0 saturated carbocycles. The van der Waals surface area contributed by atoms with Gasteiger partial charge >= 0.3 is 5.97 Å². The lowest BCUT2D eigenvalue weighted by atomic mass is 9.96. The number of ether oxygens (including phenoxy) is 5. The first-order chi connectivity index (χ1) is 16.4. The minimum Gasteiger partial charge on any atom is -0.479 e. The third-order valence-electron chi connectivity index (χ3n) is 6.06. The van der Waals surface area contributed by atoms with Gasteiger partial charge in [0, 0.05) is 0 Å². The summed E-state index contributed by atoms with van der Waals surface area (Å²) >= 11 is 0. The van der Waals surface area contributed by atoms with Crippen LogP contribution in [0.25, 0.3) is 0 Å². The number of carbonyl (C=O) groups is 1. The van der Waals surface area contributed by atoms with E-state index in [2.05, 4.69) is 0 Å². The molecule has 17 nitrogen and oxygen atoms in total. The van der Waals surface area contributed by atoms with Gasteiger partial charge in [-0.25, -0.2) is 4.79 Å². The Morgan fingerprint density at radius 2 is 1.03 bits per heavy atom. The van der Waals surface area contributed by atoms with Crippen molar-refractivity contribution in [3.63, 3.8) is 0 Å². The van der Waals surface area contributed by atoms with E-state index in [0.717, 1.165) is 0 Å². The van der Waals surface area contributed by atoms with Crippen LogP contribution in [0, 0.1) is 0 Å². The Hall–Kier alpha value is -1.13. The number of aliphatic carboxylic acids is 1. The average molecular weight is 518 g/mol. The summed E-state index contributed by atoms with van der Waals surface area (Å²) < 4.78 is 26.0. The largest absolute Gasteiger partial charge is 0.479 e. The molecule has 0 amide bonds. The summed E-state index contributed by atoms with van der Waals surface area (Å²) in [6.07, 6.45) is -28.1. The summed E-state index contributed by atoms with van der Waals surface area (Å²) in [6.45, 7) is -1.64. The first-order valence-corrected chi connectivity index (χ1v) is 10.6. The van der Waals surface area contributed by atoms with Crippen molar-refractivity contribution in [1.29, 1.82) is 0 Å². The summed E-state index contributed by atoms with van der Waals surface area (Å²) in [6, 6.07) is 0. The van der Waals surface area contributed by atoms with Crippen LogP contribution in [0.3, 0.4) is 0 Å². The molecule has 17 heteroatoms. The number of aliphatic hydroxyl groups is 10. The first kappa shape index (κ1) is 28.4. The van der Waals surface area contributed by atoms with Gasteiger partial charge in [-0.3, -0.25) is 0 Å². The van der Waals surface area contributed by atoms with E-state index >= 15 is 0 Å². The summed E-state index contributed by atoms with van der Waals surface area (Å²) in [4.78, 5) is 11.5. The molecule has 0 aromatic carbocycles. The van der Waals surface area contributed by atoms with Gasteiger partial charge < -0.3 is 79.9 Å². The molecule has 11 N–H and O–H groups in total. The Morgan fingerprint density at radius 1 is 0.600 bits per heavy atom. The van der Waals surface area contributed by atoms with Crippen molar-refractivity contribution in [3.8, 4) is 0 Å². The van der Waals surface area contributed by atoms with E-state index in [1.807, 2.05) is 0 Å². The highest BCUT2D eigenvalue weighted by atomic mass is 16.8. The molecule has 0 aromatic heterocycles. The minimum absolute atomic E-state index is 0.816. The molecule has 3 fully saturated rings.